The van der Waals surface area contributed by atoms with Crippen molar-refractivity contribution >= 4 is 0 Å². The average molecular weight is 688 g/mol. The van der Waals surface area contributed by atoms with E-state index in [-0.39, 0.29) is 0 Å². The van der Waals surface area contributed by atoms with E-state index in [1.165, 1.54) is 148 Å². The van der Waals surface area contributed by atoms with Gasteiger partial charge in [0.25, 0.3) is 0 Å². The number of hydrogen-bond donors (Lipinski definition) is 0. The standard InChI is InChI=1S/C46H73NO3/c1-2-11-32-28(9-1)10-7-14-33(32)29-19-21-30(22-20-29)47(31-23-24-35-34-12-3-5-17-40(34)49-43(35)27-31)39-16-8-15-36-37-25-26-42-44(46(37)50-45(36)39)38-13-4-6-18-41(38)48-42/h28-46H,1-27H2. The number of fused-ring (bicyclic) bond motifs is 11. The van der Waals surface area contributed by atoms with Gasteiger partial charge >= 0.3 is 0 Å². The van der Waals surface area contributed by atoms with Gasteiger partial charge in [0.15, 0.2) is 0 Å². The molecule has 0 aromatic heterocycles. The van der Waals surface area contributed by atoms with Crippen LogP contribution in [0.5, 0.6) is 0 Å². The first-order valence-corrected chi connectivity index (χ1v) is 23.5. The Balaban J connectivity index is 0.854. The largest absolute Gasteiger partial charge is 0.374 e. The maximum Gasteiger partial charge on any atom is 0.0766 e. The molecule has 11 fully saturated rings. The normalized spacial score (nSPS) is 56.0. The zero-order valence-corrected chi connectivity index (χ0v) is 31.7. The lowest BCUT2D eigenvalue weighted by Gasteiger charge is -2.53. The molecule has 0 amide bonds. The third kappa shape index (κ3) is 5.61. The van der Waals surface area contributed by atoms with Crippen LogP contribution < -0.4 is 0 Å². The second-order valence-electron chi connectivity index (χ2n) is 20.8. The molecular formula is C46H73NO3. The Morgan fingerprint density at radius 3 is 1.74 bits per heavy atom. The zero-order chi connectivity index (χ0) is 32.8. The minimum absolute atomic E-state index is 0.476. The van der Waals surface area contributed by atoms with Crippen LogP contribution in [0.2, 0.25) is 0 Å². The van der Waals surface area contributed by atoms with Gasteiger partial charge in [-0.1, -0.05) is 64.2 Å². The molecule has 17 unspecified atom stereocenters. The van der Waals surface area contributed by atoms with Gasteiger partial charge in [-0.2, -0.15) is 0 Å². The molecule has 0 bridgehead atoms. The summed E-state index contributed by atoms with van der Waals surface area (Å²) in [7, 11) is 0. The minimum Gasteiger partial charge on any atom is -0.374 e. The smallest absolute Gasteiger partial charge is 0.0766 e. The minimum atomic E-state index is 0.476. The highest BCUT2D eigenvalue weighted by Gasteiger charge is 2.61. The van der Waals surface area contributed by atoms with Gasteiger partial charge in [0.1, 0.15) is 0 Å². The summed E-state index contributed by atoms with van der Waals surface area (Å²) in [6.07, 6.45) is 42.2. The van der Waals surface area contributed by atoms with Crippen LogP contribution in [0.4, 0.5) is 0 Å². The van der Waals surface area contributed by atoms with Crippen LogP contribution in [0, 0.1) is 59.2 Å². The molecule has 11 rings (SSSR count). The van der Waals surface area contributed by atoms with Gasteiger partial charge in [-0.3, -0.25) is 4.90 Å². The lowest BCUT2D eigenvalue weighted by Crippen LogP contribution is -2.59. The molecule has 11 aliphatic rings. The molecule has 0 radical (unpaired) electrons. The van der Waals surface area contributed by atoms with E-state index < -0.39 is 0 Å². The Morgan fingerprint density at radius 2 is 0.880 bits per heavy atom. The maximum absolute atomic E-state index is 7.69. The Kier molecular flexibility index (Phi) is 9.20. The summed E-state index contributed by atoms with van der Waals surface area (Å²) < 4.78 is 21.6. The molecular weight excluding hydrogens is 615 g/mol. The molecule has 0 spiro atoms. The molecule has 3 heterocycles. The molecule has 4 nitrogen and oxygen atoms in total. The lowest BCUT2D eigenvalue weighted by atomic mass is 9.59. The molecule has 3 aliphatic heterocycles. The van der Waals surface area contributed by atoms with E-state index in [9.17, 15) is 0 Å². The van der Waals surface area contributed by atoms with Crippen LogP contribution in [0.15, 0.2) is 0 Å². The molecule has 8 aliphatic carbocycles. The second kappa shape index (κ2) is 13.8. The molecule has 4 heteroatoms. The fraction of sp³-hybridized carbons (Fsp3) is 1.00. The zero-order valence-electron chi connectivity index (χ0n) is 31.7. The van der Waals surface area contributed by atoms with Crippen molar-refractivity contribution < 1.29 is 14.2 Å². The van der Waals surface area contributed by atoms with Crippen LogP contribution in [0.1, 0.15) is 173 Å². The van der Waals surface area contributed by atoms with Crippen LogP contribution in [0.25, 0.3) is 0 Å². The van der Waals surface area contributed by atoms with E-state index in [1.807, 2.05) is 0 Å². The summed E-state index contributed by atoms with van der Waals surface area (Å²) in [6, 6.07) is 2.14. The summed E-state index contributed by atoms with van der Waals surface area (Å²) in [5, 5.41) is 0. The SMILES string of the molecule is C1CCC2C(C1)CCCC2C1CCC(N(C2CCC3C(C2)OC2CCCCC23)C2CCCC3C4CCC5OC6CCCCC6C5C4OC32)CC1. The molecule has 50 heavy (non-hydrogen) atoms. The highest BCUT2D eigenvalue weighted by atomic mass is 16.5. The van der Waals surface area contributed by atoms with Crippen molar-refractivity contribution in [2.75, 3.05) is 0 Å². The Hall–Kier alpha value is -0.160. The van der Waals surface area contributed by atoms with Gasteiger partial charge in [-0.25, -0.2) is 0 Å². The van der Waals surface area contributed by atoms with Crippen molar-refractivity contribution in [1.82, 2.24) is 4.90 Å². The molecule has 3 saturated heterocycles. The molecule has 280 valence electrons. The van der Waals surface area contributed by atoms with Crippen molar-refractivity contribution in [3.05, 3.63) is 0 Å². The highest BCUT2D eigenvalue weighted by molar-refractivity contribution is 5.10. The third-order valence-electron chi connectivity index (χ3n) is 19.0. The van der Waals surface area contributed by atoms with Gasteiger partial charge in [0.05, 0.1) is 36.6 Å². The van der Waals surface area contributed by atoms with Gasteiger partial charge in [-0.05, 0) is 162 Å². The monoisotopic (exact) mass is 688 g/mol. The summed E-state index contributed by atoms with van der Waals surface area (Å²) in [5.74, 6) is 9.05. The first-order chi connectivity index (χ1) is 24.8. The van der Waals surface area contributed by atoms with Gasteiger partial charge in [-0.15, -0.1) is 0 Å². The van der Waals surface area contributed by atoms with E-state index in [0.29, 0.717) is 48.6 Å². The number of hydrogen-bond acceptors (Lipinski definition) is 4. The Bertz CT molecular complexity index is 1180. The Labute approximate surface area is 305 Å². The molecule has 0 N–H and O–H groups in total. The topological polar surface area (TPSA) is 30.9 Å². The van der Waals surface area contributed by atoms with Crippen molar-refractivity contribution in [3.8, 4) is 0 Å². The van der Waals surface area contributed by atoms with Crippen molar-refractivity contribution in [2.24, 2.45) is 59.2 Å². The number of nitrogens with zero attached hydrogens (tertiary/aromatic N) is 1. The summed E-state index contributed by atoms with van der Waals surface area (Å²) in [4.78, 5) is 3.28. The van der Waals surface area contributed by atoms with E-state index >= 15 is 0 Å². The van der Waals surface area contributed by atoms with E-state index in [2.05, 4.69) is 4.90 Å². The van der Waals surface area contributed by atoms with Crippen molar-refractivity contribution in [1.29, 1.82) is 0 Å². The average Bonchev–Trinajstić information content (AvgIpc) is 3.86. The predicted octanol–water partition coefficient (Wildman–Crippen LogP) is 10.5. The fourth-order valence-electron chi connectivity index (χ4n) is 17.1. The van der Waals surface area contributed by atoms with Gasteiger partial charge < -0.3 is 14.2 Å². The van der Waals surface area contributed by atoms with Crippen LogP contribution in [-0.4, -0.2) is 59.6 Å². The molecule has 17 atom stereocenters. The number of rotatable bonds is 4. The second-order valence-corrected chi connectivity index (χ2v) is 20.8. The number of ether oxygens (including phenoxy) is 3. The van der Waals surface area contributed by atoms with Crippen LogP contribution >= 0.6 is 0 Å². The van der Waals surface area contributed by atoms with Crippen molar-refractivity contribution in [3.63, 3.8) is 0 Å². The molecule has 0 aromatic rings. The summed E-state index contributed by atoms with van der Waals surface area (Å²) in [5.41, 5.74) is 0. The Morgan fingerprint density at radius 1 is 0.320 bits per heavy atom. The quantitative estimate of drug-likeness (QED) is 0.294. The predicted molar refractivity (Wildman–Crippen MR) is 199 cm³/mol. The van der Waals surface area contributed by atoms with E-state index in [0.717, 1.165) is 65.3 Å². The van der Waals surface area contributed by atoms with E-state index in [4.69, 9.17) is 14.2 Å². The summed E-state index contributed by atoms with van der Waals surface area (Å²) in [6.45, 7) is 0. The van der Waals surface area contributed by atoms with E-state index in [1.54, 1.807) is 25.7 Å². The fourth-order valence-corrected chi connectivity index (χ4v) is 17.1. The first-order valence-electron chi connectivity index (χ1n) is 23.5. The maximum atomic E-state index is 7.69. The lowest BCUT2D eigenvalue weighted by molar-refractivity contribution is -0.111. The summed E-state index contributed by atoms with van der Waals surface area (Å²) >= 11 is 0. The first kappa shape index (κ1) is 33.2. The molecule has 0 aromatic carbocycles. The van der Waals surface area contributed by atoms with Gasteiger partial charge in [0.2, 0.25) is 0 Å². The third-order valence-corrected chi connectivity index (χ3v) is 19.0. The molecule has 8 saturated carbocycles. The van der Waals surface area contributed by atoms with Crippen LogP contribution in [0.3, 0.4) is 0 Å². The highest BCUT2D eigenvalue weighted by Crippen LogP contribution is 2.58. The van der Waals surface area contributed by atoms with Crippen molar-refractivity contribution in [2.45, 2.75) is 228 Å². The van der Waals surface area contributed by atoms with Crippen LogP contribution in [-0.2, 0) is 14.2 Å². The van der Waals surface area contributed by atoms with Gasteiger partial charge in [0, 0.05) is 24.0 Å².